The first-order valence-corrected chi connectivity index (χ1v) is 9.61. The average Bonchev–Trinajstić information content (AvgIpc) is 3.31. The van der Waals surface area contributed by atoms with Gasteiger partial charge in [0.1, 0.15) is 6.10 Å². The van der Waals surface area contributed by atoms with Gasteiger partial charge in [0.2, 0.25) is 5.91 Å². The molecule has 0 aliphatic heterocycles. The molecule has 118 valence electrons. The van der Waals surface area contributed by atoms with Crippen LogP contribution in [0.4, 0.5) is 0 Å². The van der Waals surface area contributed by atoms with Crippen LogP contribution in [0.1, 0.15) is 15.9 Å². The highest BCUT2D eigenvalue weighted by atomic mass is 32.1. The number of thiophene rings is 3. The summed E-state index contributed by atoms with van der Waals surface area (Å²) in [6.45, 7) is 0.206. The van der Waals surface area contributed by atoms with Crippen LogP contribution in [0, 0.1) is 0 Å². The van der Waals surface area contributed by atoms with Crippen molar-refractivity contribution in [1.82, 2.24) is 5.32 Å². The predicted molar refractivity (Wildman–Crippen MR) is 99.0 cm³/mol. The number of carbonyl (C=O) groups is 1. The van der Waals surface area contributed by atoms with Crippen molar-refractivity contribution in [3.05, 3.63) is 63.0 Å². The summed E-state index contributed by atoms with van der Waals surface area (Å²) in [4.78, 5) is 16.0. The van der Waals surface area contributed by atoms with Crippen molar-refractivity contribution >= 4 is 46.0 Å². The first kappa shape index (κ1) is 16.1. The third-order valence-corrected chi connectivity index (χ3v) is 6.22. The van der Waals surface area contributed by atoms with Crippen LogP contribution in [0.15, 0.2) is 53.2 Å². The zero-order valence-corrected chi connectivity index (χ0v) is 14.6. The van der Waals surface area contributed by atoms with E-state index in [1.165, 1.54) is 11.0 Å². The second kappa shape index (κ2) is 7.70. The maximum absolute atomic E-state index is 11.8. The molecule has 3 aromatic heterocycles. The summed E-state index contributed by atoms with van der Waals surface area (Å²) in [5.74, 6) is -0.201. The molecule has 3 heterocycles. The van der Waals surface area contributed by atoms with Gasteiger partial charge in [-0.25, -0.2) is 0 Å². The summed E-state index contributed by atoms with van der Waals surface area (Å²) in [7, 11) is 0. The predicted octanol–water partition coefficient (Wildman–Crippen LogP) is 4.40. The van der Waals surface area contributed by atoms with Gasteiger partial charge in [-0.05, 0) is 41.1 Å². The molecular weight excluding hydrogens is 346 g/mol. The highest BCUT2D eigenvalue weighted by molar-refractivity contribution is 7.21. The van der Waals surface area contributed by atoms with Crippen LogP contribution in [-0.2, 0) is 4.79 Å². The molecule has 6 heteroatoms. The van der Waals surface area contributed by atoms with E-state index in [2.05, 4.69) is 11.4 Å². The third kappa shape index (κ3) is 4.39. The Bertz CT molecular complexity index is 773. The number of rotatable bonds is 6. The number of amides is 1. The van der Waals surface area contributed by atoms with Crippen molar-refractivity contribution in [3.8, 4) is 9.75 Å². The van der Waals surface area contributed by atoms with E-state index in [0.717, 1.165) is 14.6 Å². The Morgan fingerprint density at radius 2 is 1.96 bits per heavy atom. The highest BCUT2D eigenvalue weighted by Gasteiger charge is 2.12. The van der Waals surface area contributed by atoms with Crippen LogP contribution < -0.4 is 5.32 Å². The molecule has 0 fully saturated rings. The van der Waals surface area contributed by atoms with Gasteiger partial charge in [-0.3, -0.25) is 4.79 Å². The van der Waals surface area contributed by atoms with Crippen LogP contribution in [0.3, 0.4) is 0 Å². The molecular formula is C17H15NO2S3. The van der Waals surface area contributed by atoms with E-state index in [9.17, 15) is 9.90 Å². The topological polar surface area (TPSA) is 49.3 Å². The minimum Gasteiger partial charge on any atom is -0.386 e. The van der Waals surface area contributed by atoms with Gasteiger partial charge < -0.3 is 10.4 Å². The number of aliphatic hydroxyl groups excluding tert-OH is 1. The molecule has 3 aromatic rings. The Kier molecular flexibility index (Phi) is 5.40. The standard InChI is InChI=1S/C17H15NO2S3/c19-13(11-18-17(20)8-5-12-3-1-9-21-12)14-6-7-16(23-14)15-4-2-10-22-15/h1-10,13,19H,11H2,(H,18,20)/b8-5+. The molecule has 1 unspecified atom stereocenters. The van der Waals surface area contributed by atoms with Crippen LogP contribution in [0.25, 0.3) is 15.8 Å². The minimum atomic E-state index is -0.687. The normalized spacial score (nSPS) is 12.6. The van der Waals surface area contributed by atoms with E-state index < -0.39 is 6.10 Å². The molecule has 23 heavy (non-hydrogen) atoms. The van der Waals surface area contributed by atoms with E-state index >= 15 is 0 Å². The van der Waals surface area contributed by atoms with Gasteiger partial charge in [-0.1, -0.05) is 12.1 Å². The van der Waals surface area contributed by atoms with Crippen LogP contribution >= 0.6 is 34.0 Å². The number of aliphatic hydroxyl groups is 1. The van der Waals surface area contributed by atoms with Gasteiger partial charge in [0.15, 0.2) is 0 Å². The lowest BCUT2D eigenvalue weighted by Gasteiger charge is -2.08. The van der Waals surface area contributed by atoms with E-state index in [1.807, 2.05) is 41.1 Å². The lowest BCUT2D eigenvalue weighted by atomic mass is 10.3. The van der Waals surface area contributed by atoms with Crippen molar-refractivity contribution in [1.29, 1.82) is 0 Å². The monoisotopic (exact) mass is 361 g/mol. The van der Waals surface area contributed by atoms with Gasteiger partial charge in [0, 0.05) is 32.1 Å². The molecule has 0 saturated heterocycles. The maximum Gasteiger partial charge on any atom is 0.244 e. The Morgan fingerprint density at radius 3 is 2.70 bits per heavy atom. The summed E-state index contributed by atoms with van der Waals surface area (Å²) >= 11 is 4.80. The molecule has 3 nitrogen and oxygen atoms in total. The number of hydrogen-bond acceptors (Lipinski definition) is 5. The molecule has 1 atom stereocenters. The SMILES string of the molecule is O=C(/C=C/c1cccs1)NCC(O)c1ccc(-c2cccs2)s1. The molecule has 1 amide bonds. The zero-order chi connectivity index (χ0) is 16.1. The molecule has 3 rings (SSSR count). The maximum atomic E-state index is 11.8. The van der Waals surface area contributed by atoms with Gasteiger partial charge in [-0.2, -0.15) is 0 Å². The van der Waals surface area contributed by atoms with E-state index in [0.29, 0.717) is 0 Å². The van der Waals surface area contributed by atoms with Crippen molar-refractivity contribution in [2.45, 2.75) is 6.10 Å². The fraction of sp³-hybridized carbons (Fsp3) is 0.118. The Balaban J connectivity index is 1.53. The van der Waals surface area contributed by atoms with Crippen LogP contribution in [-0.4, -0.2) is 17.6 Å². The highest BCUT2D eigenvalue weighted by Crippen LogP contribution is 2.33. The molecule has 2 N–H and O–H groups in total. The van der Waals surface area contributed by atoms with Crippen molar-refractivity contribution in [2.75, 3.05) is 6.54 Å². The lowest BCUT2D eigenvalue weighted by molar-refractivity contribution is -0.116. The summed E-state index contributed by atoms with van der Waals surface area (Å²) in [6, 6.07) is 11.9. The fourth-order valence-electron chi connectivity index (χ4n) is 1.98. The lowest BCUT2D eigenvalue weighted by Crippen LogP contribution is -2.26. The van der Waals surface area contributed by atoms with Crippen LogP contribution in [0.2, 0.25) is 0 Å². The van der Waals surface area contributed by atoms with Gasteiger partial charge in [-0.15, -0.1) is 34.0 Å². The van der Waals surface area contributed by atoms with Crippen molar-refractivity contribution < 1.29 is 9.90 Å². The fourth-order valence-corrected chi connectivity index (χ4v) is 4.43. The number of nitrogens with one attached hydrogen (secondary N) is 1. The van der Waals surface area contributed by atoms with E-state index in [1.54, 1.807) is 40.1 Å². The average molecular weight is 362 g/mol. The first-order valence-electron chi connectivity index (χ1n) is 7.03. The van der Waals surface area contributed by atoms with Gasteiger partial charge >= 0.3 is 0 Å². The Morgan fingerprint density at radius 1 is 1.13 bits per heavy atom. The van der Waals surface area contributed by atoms with Crippen LogP contribution in [0.5, 0.6) is 0 Å². The molecule has 0 spiro atoms. The molecule has 0 bridgehead atoms. The smallest absolute Gasteiger partial charge is 0.244 e. The summed E-state index contributed by atoms with van der Waals surface area (Å²) < 4.78 is 0. The van der Waals surface area contributed by atoms with Gasteiger partial charge in [0.25, 0.3) is 0 Å². The molecule has 0 saturated carbocycles. The third-order valence-electron chi connectivity index (χ3n) is 3.13. The van der Waals surface area contributed by atoms with Crippen molar-refractivity contribution in [2.24, 2.45) is 0 Å². The largest absolute Gasteiger partial charge is 0.386 e. The molecule has 0 aliphatic carbocycles. The zero-order valence-electron chi connectivity index (χ0n) is 12.1. The number of carbonyl (C=O) groups excluding carboxylic acids is 1. The second-order valence-electron chi connectivity index (χ2n) is 4.79. The summed E-state index contributed by atoms with van der Waals surface area (Å²) in [5.41, 5.74) is 0. The molecule has 0 radical (unpaired) electrons. The Labute approximate surface area is 146 Å². The second-order valence-corrected chi connectivity index (χ2v) is 7.83. The quantitative estimate of drug-likeness (QED) is 0.639. The summed E-state index contributed by atoms with van der Waals surface area (Å²) in [6.07, 6.45) is 2.57. The summed E-state index contributed by atoms with van der Waals surface area (Å²) in [5, 5.41) is 16.9. The molecule has 0 aliphatic rings. The van der Waals surface area contributed by atoms with Gasteiger partial charge in [0.05, 0.1) is 0 Å². The number of hydrogen-bond donors (Lipinski definition) is 2. The van der Waals surface area contributed by atoms with E-state index in [-0.39, 0.29) is 12.5 Å². The van der Waals surface area contributed by atoms with Crippen molar-refractivity contribution in [3.63, 3.8) is 0 Å². The first-order chi connectivity index (χ1) is 11.2. The Hall–Kier alpha value is -1.73. The minimum absolute atomic E-state index is 0.201. The van der Waals surface area contributed by atoms with E-state index in [4.69, 9.17) is 0 Å². The molecule has 0 aromatic carbocycles.